The molecule has 1 saturated heterocycles. The first-order valence-corrected chi connectivity index (χ1v) is 13.6. The van der Waals surface area contributed by atoms with Crippen LogP contribution in [0.2, 0.25) is 5.02 Å². The summed E-state index contributed by atoms with van der Waals surface area (Å²) < 4.78 is 26.9. The maximum absolute atomic E-state index is 12.7. The third kappa shape index (κ3) is 7.52. The molecule has 0 saturated carbocycles. The minimum atomic E-state index is -3.40. The Hall–Kier alpha value is -1.54. The average Bonchev–Trinajstić information content (AvgIpc) is 2.76. The van der Waals surface area contributed by atoms with Gasteiger partial charge in [-0.25, -0.2) is 12.7 Å². The van der Waals surface area contributed by atoms with Gasteiger partial charge in [-0.05, 0) is 43.0 Å². The maximum atomic E-state index is 12.7. The molecule has 1 fully saturated rings. The highest BCUT2D eigenvalue weighted by Gasteiger charge is 2.31. The zero-order valence-corrected chi connectivity index (χ0v) is 20.1. The molecule has 2 aromatic carbocycles. The Bertz CT molecular complexity index is 955. The van der Waals surface area contributed by atoms with Crippen molar-refractivity contribution in [3.05, 3.63) is 70.2 Å². The van der Waals surface area contributed by atoms with Gasteiger partial charge in [0.25, 0.3) is 0 Å². The molecule has 1 aliphatic rings. The number of halogens is 1. The molecule has 31 heavy (non-hydrogen) atoms. The molecule has 0 unspecified atom stereocenters. The van der Waals surface area contributed by atoms with Crippen LogP contribution >= 0.6 is 23.4 Å². The third-order valence-electron chi connectivity index (χ3n) is 5.42. The van der Waals surface area contributed by atoms with Crippen molar-refractivity contribution in [2.45, 2.75) is 31.3 Å². The zero-order chi connectivity index (χ0) is 22.3. The SMILES string of the molecule is Cc1ccc(CSCCNC(=O)C2CCN(S(=O)(=O)Cc3ccc(Cl)cc3)CC2)cc1. The maximum Gasteiger partial charge on any atom is 0.223 e. The molecule has 8 heteroatoms. The van der Waals surface area contributed by atoms with E-state index in [-0.39, 0.29) is 17.6 Å². The first-order valence-electron chi connectivity index (χ1n) is 10.5. The van der Waals surface area contributed by atoms with Gasteiger partial charge in [-0.2, -0.15) is 11.8 Å². The van der Waals surface area contributed by atoms with Crippen molar-refractivity contribution in [3.63, 3.8) is 0 Å². The molecule has 168 valence electrons. The summed E-state index contributed by atoms with van der Waals surface area (Å²) in [6.45, 7) is 3.48. The lowest BCUT2D eigenvalue weighted by Crippen LogP contribution is -2.43. The number of sulfonamides is 1. The molecule has 1 N–H and O–H groups in total. The van der Waals surface area contributed by atoms with E-state index in [1.165, 1.54) is 15.4 Å². The summed E-state index contributed by atoms with van der Waals surface area (Å²) in [7, 11) is -3.40. The minimum Gasteiger partial charge on any atom is -0.355 e. The number of nitrogens with one attached hydrogen (secondary N) is 1. The van der Waals surface area contributed by atoms with Gasteiger partial charge >= 0.3 is 0 Å². The van der Waals surface area contributed by atoms with E-state index in [1.54, 1.807) is 36.0 Å². The lowest BCUT2D eigenvalue weighted by molar-refractivity contribution is -0.125. The van der Waals surface area contributed by atoms with Gasteiger partial charge < -0.3 is 5.32 Å². The predicted octanol–water partition coefficient (Wildman–Crippen LogP) is 4.24. The van der Waals surface area contributed by atoms with Crippen molar-refractivity contribution in [2.75, 3.05) is 25.4 Å². The highest BCUT2D eigenvalue weighted by Crippen LogP contribution is 2.22. The van der Waals surface area contributed by atoms with Crippen LogP contribution in [0, 0.1) is 12.8 Å². The summed E-state index contributed by atoms with van der Waals surface area (Å²) >= 11 is 7.66. The molecular formula is C23H29ClN2O3S2. The molecule has 0 aliphatic carbocycles. The monoisotopic (exact) mass is 480 g/mol. The Morgan fingerprint density at radius 1 is 1.06 bits per heavy atom. The molecule has 1 heterocycles. The van der Waals surface area contributed by atoms with Gasteiger partial charge in [0.15, 0.2) is 0 Å². The van der Waals surface area contributed by atoms with Crippen molar-refractivity contribution in [3.8, 4) is 0 Å². The van der Waals surface area contributed by atoms with E-state index in [9.17, 15) is 13.2 Å². The number of carbonyl (C=O) groups is 1. The summed E-state index contributed by atoms with van der Waals surface area (Å²) in [4.78, 5) is 12.4. The quantitative estimate of drug-likeness (QED) is 0.545. The Morgan fingerprint density at radius 3 is 2.32 bits per heavy atom. The van der Waals surface area contributed by atoms with Crippen LogP contribution in [0.25, 0.3) is 0 Å². The van der Waals surface area contributed by atoms with Gasteiger partial charge in [0.05, 0.1) is 5.75 Å². The molecule has 0 spiro atoms. The molecule has 0 bridgehead atoms. The molecule has 0 atom stereocenters. The van der Waals surface area contributed by atoms with Crippen molar-refractivity contribution < 1.29 is 13.2 Å². The number of hydrogen-bond donors (Lipinski definition) is 1. The van der Waals surface area contributed by atoms with Crippen LogP contribution < -0.4 is 5.32 Å². The Kier molecular flexibility index (Phi) is 8.84. The van der Waals surface area contributed by atoms with E-state index in [1.807, 2.05) is 0 Å². The Balaban J connectivity index is 1.36. The van der Waals surface area contributed by atoms with Crippen molar-refractivity contribution in [2.24, 2.45) is 5.92 Å². The van der Waals surface area contributed by atoms with Crippen LogP contribution in [0.5, 0.6) is 0 Å². The smallest absolute Gasteiger partial charge is 0.223 e. The number of nitrogens with zero attached hydrogens (tertiary/aromatic N) is 1. The average molecular weight is 481 g/mol. The van der Waals surface area contributed by atoms with E-state index in [4.69, 9.17) is 11.6 Å². The van der Waals surface area contributed by atoms with Crippen LogP contribution in [0.15, 0.2) is 48.5 Å². The van der Waals surface area contributed by atoms with Gasteiger partial charge in [-0.15, -0.1) is 0 Å². The summed E-state index contributed by atoms with van der Waals surface area (Å²) in [5.74, 6) is 1.66. The second-order valence-corrected chi connectivity index (χ2v) is 11.4. The number of hydrogen-bond acceptors (Lipinski definition) is 4. The number of aryl methyl sites for hydroxylation is 1. The molecular weight excluding hydrogens is 452 g/mol. The summed E-state index contributed by atoms with van der Waals surface area (Å²) in [5, 5.41) is 3.59. The molecule has 2 aromatic rings. The van der Waals surface area contributed by atoms with Gasteiger partial charge in [-0.1, -0.05) is 53.6 Å². The zero-order valence-electron chi connectivity index (χ0n) is 17.7. The van der Waals surface area contributed by atoms with Crippen molar-refractivity contribution >= 4 is 39.3 Å². The Labute approximate surface area is 194 Å². The van der Waals surface area contributed by atoms with Gasteiger partial charge in [0, 0.05) is 42.1 Å². The van der Waals surface area contributed by atoms with E-state index in [2.05, 4.69) is 36.5 Å². The third-order valence-corrected chi connectivity index (χ3v) is 8.55. The van der Waals surface area contributed by atoms with Crippen LogP contribution in [-0.4, -0.2) is 44.0 Å². The second kappa shape index (κ2) is 11.4. The van der Waals surface area contributed by atoms with E-state index in [0.29, 0.717) is 43.1 Å². The molecule has 1 amide bonds. The van der Waals surface area contributed by atoms with E-state index >= 15 is 0 Å². The standard InChI is InChI=1S/C23H29ClN2O3S2/c1-18-2-4-19(5-3-18)16-30-15-12-25-23(27)21-10-13-26(14-11-21)31(28,29)17-20-6-8-22(24)9-7-20/h2-9,21H,10-17H2,1H3,(H,25,27). The van der Waals surface area contributed by atoms with Crippen molar-refractivity contribution in [1.82, 2.24) is 9.62 Å². The summed E-state index contributed by atoms with van der Waals surface area (Å²) in [6.07, 6.45) is 1.12. The molecule has 1 aliphatic heterocycles. The van der Waals surface area contributed by atoms with Crippen LogP contribution in [0.3, 0.4) is 0 Å². The first kappa shape index (κ1) is 24.1. The van der Waals surface area contributed by atoms with E-state index in [0.717, 1.165) is 11.5 Å². The lowest BCUT2D eigenvalue weighted by Gasteiger charge is -2.30. The largest absolute Gasteiger partial charge is 0.355 e. The molecule has 0 aromatic heterocycles. The van der Waals surface area contributed by atoms with Gasteiger partial charge in [-0.3, -0.25) is 4.79 Å². The van der Waals surface area contributed by atoms with Crippen LogP contribution in [0.1, 0.15) is 29.5 Å². The number of amides is 1. The number of rotatable bonds is 9. The van der Waals surface area contributed by atoms with Gasteiger partial charge in [0.1, 0.15) is 0 Å². The Morgan fingerprint density at radius 2 is 1.68 bits per heavy atom. The van der Waals surface area contributed by atoms with E-state index < -0.39 is 10.0 Å². The molecule has 5 nitrogen and oxygen atoms in total. The summed E-state index contributed by atoms with van der Waals surface area (Å²) in [6, 6.07) is 15.3. The molecule has 0 radical (unpaired) electrons. The second-order valence-electron chi connectivity index (χ2n) is 7.89. The number of thioether (sulfide) groups is 1. The fourth-order valence-electron chi connectivity index (χ4n) is 3.54. The number of benzene rings is 2. The fraction of sp³-hybridized carbons (Fsp3) is 0.435. The predicted molar refractivity (Wildman–Crippen MR) is 129 cm³/mol. The van der Waals surface area contributed by atoms with Crippen molar-refractivity contribution in [1.29, 1.82) is 0 Å². The number of carbonyl (C=O) groups excluding carboxylic acids is 1. The normalized spacial score (nSPS) is 15.7. The minimum absolute atomic E-state index is 0.0330. The van der Waals surface area contributed by atoms with Crippen LogP contribution in [-0.2, 0) is 26.3 Å². The highest BCUT2D eigenvalue weighted by molar-refractivity contribution is 7.98. The molecule has 3 rings (SSSR count). The lowest BCUT2D eigenvalue weighted by atomic mass is 9.97. The first-order chi connectivity index (χ1) is 14.8. The number of piperidine rings is 1. The van der Waals surface area contributed by atoms with Crippen LogP contribution in [0.4, 0.5) is 0 Å². The summed E-state index contributed by atoms with van der Waals surface area (Å²) in [5.41, 5.74) is 3.26. The topological polar surface area (TPSA) is 66.5 Å². The van der Waals surface area contributed by atoms with Gasteiger partial charge in [0.2, 0.25) is 15.9 Å². The fourth-order valence-corrected chi connectivity index (χ4v) is 6.05. The highest BCUT2D eigenvalue weighted by atomic mass is 35.5.